The number of carbonyl (C=O) groups is 1. The lowest BCUT2D eigenvalue weighted by molar-refractivity contribution is -0.394. The third kappa shape index (κ3) is 5.93. The van der Waals surface area contributed by atoms with Crippen molar-refractivity contribution in [1.29, 1.82) is 0 Å². The van der Waals surface area contributed by atoms with E-state index < -0.39 is 21.2 Å². The lowest BCUT2D eigenvalue weighted by Crippen LogP contribution is -2.27. The Bertz CT molecular complexity index is 1430. The van der Waals surface area contributed by atoms with Crippen LogP contribution < -0.4 is 9.47 Å². The van der Waals surface area contributed by atoms with Crippen molar-refractivity contribution in [1.82, 2.24) is 4.90 Å². The molecular weight excluding hydrogens is 518 g/mol. The van der Waals surface area contributed by atoms with E-state index in [0.717, 1.165) is 23.8 Å². The van der Waals surface area contributed by atoms with E-state index in [9.17, 15) is 25.0 Å². The average Bonchev–Trinajstić information content (AvgIpc) is 3.13. The summed E-state index contributed by atoms with van der Waals surface area (Å²) in [6.45, 7) is 2.41. The minimum atomic E-state index is -0.755. The topological polar surface area (TPSA) is 125 Å². The Kier molecular flexibility index (Phi) is 7.80. The summed E-state index contributed by atoms with van der Waals surface area (Å²) in [6, 6.07) is 17.5. The van der Waals surface area contributed by atoms with Crippen molar-refractivity contribution in [2.24, 2.45) is 0 Å². The highest BCUT2D eigenvalue weighted by Crippen LogP contribution is 2.40. The predicted molar refractivity (Wildman–Crippen MR) is 143 cm³/mol. The zero-order chi connectivity index (χ0) is 26.5. The van der Waals surface area contributed by atoms with Gasteiger partial charge in [0.2, 0.25) is 5.75 Å². The number of benzene rings is 3. The zero-order valence-corrected chi connectivity index (χ0v) is 21.0. The molecule has 12 heteroatoms. The van der Waals surface area contributed by atoms with Gasteiger partial charge in [-0.2, -0.15) is 0 Å². The van der Waals surface area contributed by atoms with Crippen LogP contribution in [-0.4, -0.2) is 31.6 Å². The van der Waals surface area contributed by atoms with E-state index in [1.165, 1.54) is 16.7 Å². The fourth-order valence-corrected chi connectivity index (χ4v) is 4.74. The van der Waals surface area contributed by atoms with Crippen molar-refractivity contribution in [3.8, 4) is 17.2 Å². The second-order valence-corrected chi connectivity index (χ2v) is 9.34. The first-order chi connectivity index (χ1) is 17.8. The maximum absolute atomic E-state index is 13.0. The molecule has 0 bridgehead atoms. The van der Waals surface area contributed by atoms with Crippen LogP contribution in [0, 0.1) is 20.2 Å². The number of ether oxygens (including phenoxy) is 2. The van der Waals surface area contributed by atoms with Crippen LogP contribution in [0.3, 0.4) is 0 Å². The highest BCUT2D eigenvalue weighted by molar-refractivity contribution is 8.26. The first-order valence-corrected chi connectivity index (χ1v) is 12.2. The lowest BCUT2D eigenvalue weighted by Gasteiger charge is -2.14. The van der Waals surface area contributed by atoms with Crippen molar-refractivity contribution in [2.75, 3.05) is 6.61 Å². The first kappa shape index (κ1) is 25.8. The molecule has 37 heavy (non-hydrogen) atoms. The van der Waals surface area contributed by atoms with Crippen molar-refractivity contribution in [3.63, 3.8) is 0 Å². The smallest absolute Gasteiger partial charge is 0.318 e. The van der Waals surface area contributed by atoms with E-state index in [-0.39, 0.29) is 29.8 Å². The summed E-state index contributed by atoms with van der Waals surface area (Å²) >= 11 is 6.61. The Morgan fingerprint density at radius 1 is 0.973 bits per heavy atom. The molecule has 4 rings (SSSR count). The third-order valence-corrected chi connectivity index (χ3v) is 6.57. The second-order valence-electron chi connectivity index (χ2n) is 7.66. The molecule has 0 aliphatic carbocycles. The minimum Gasteiger partial charge on any atom is -0.490 e. The van der Waals surface area contributed by atoms with Crippen LogP contribution in [0.25, 0.3) is 6.08 Å². The summed E-state index contributed by atoms with van der Waals surface area (Å²) in [4.78, 5) is 36.0. The average molecular weight is 538 g/mol. The minimum absolute atomic E-state index is 0.174. The molecule has 3 aromatic rings. The summed E-state index contributed by atoms with van der Waals surface area (Å²) < 4.78 is 11.8. The van der Waals surface area contributed by atoms with Crippen molar-refractivity contribution >= 4 is 51.7 Å². The van der Waals surface area contributed by atoms with E-state index >= 15 is 0 Å². The standard InChI is InChI=1S/C25H19N3O7S2/c1-2-34-22-12-17(13-23-24(29)26(25(36)37-23)15-16-6-4-3-5-7-16)8-10-21(22)35-20-11-9-18(27(30)31)14-19(20)28(32)33/h3-14H,2,15H2,1H3/b23-13+. The van der Waals surface area contributed by atoms with Crippen LogP contribution in [0.15, 0.2) is 71.6 Å². The molecule has 188 valence electrons. The second kappa shape index (κ2) is 11.2. The van der Waals surface area contributed by atoms with Gasteiger partial charge >= 0.3 is 5.69 Å². The van der Waals surface area contributed by atoms with E-state index in [1.54, 1.807) is 31.2 Å². The number of hydrogen-bond acceptors (Lipinski definition) is 9. The summed E-state index contributed by atoms with van der Waals surface area (Å²) in [6.07, 6.45) is 1.69. The van der Waals surface area contributed by atoms with Gasteiger partial charge in [-0.05, 0) is 42.3 Å². The number of rotatable bonds is 9. The normalized spacial score (nSPS) is 14.2. The molecule has 1 aliphatic heterocycles. The van der Waals surface area contributed by atoms with Gasteiger partial charge < -0.3 is 9.47 Å². The van der Waals surface area contributed by atoms with Crippen LogP contribution in [-0.2, 0) is 11.3 Å². The number of carbonyl (C=O) groups excluding carboxylic acids is 1. The zero-order valence-electron chi connectivity index (χ0n) is 19.4. The molecule has 0 atom stereocenters. The Morgan fingerprint density at radius 3 is 2.38 bits per heavy atom. The molecule has 3 aromatic carbocycles. The number of amides is 1. The molecule has 10 nitrogen and oxygen atoms in total. The maximum atomic E-state index is 13.0. The van der Waals surface area contributed by atoms with Gasteiger partial charge in [0.1, 0.15) is 4.32 Å². The van der Waals surface area contributed by atoms with Gasteiger partial charge in [-0.1, -0.05) is 60.4 Å². The molecular formula is C25H19N3O7S2. The molecule has 0 saturated carbocycles. The number of nitro benzene ring substituents is 2. The number of thiocarbonyl (C=S) groups is 1. The van der Waals surface area contributed by atoms with Gasteiger partial charge in [0, 0.05) is 6.07 Å². The van der Waals surface area contributed by atoms with Crippen LogP contribution in [0.1, 0.15) is 18.1 Å². The highest BCUT2D eigenvalue weighted by Gasteiger charge is 2.32. The fourth-order valence-electron chi connectivity index (χ4n) is 3.49. The maximum Gasteiger partial charge on any atom is 0.318 e. The molecule has 1 heterocycles. The monoisotopic (exact) mass is 537 g/mol. The van der Waals surface area contributed by atoms with Crippen LogP contribution in [0.4, 0.5) is 11.4 Å². The van der Waals surface area contributed by atoms with Gasteiger partial charge in [0.15, 0.2) is 11.5 Å². The van der Waals surface area contributed by atoms with Crippen LogP contribution >= 0.6 is 24.0 Å². The van der Waals surface area contributed by atoms with E-state index in [0.29, 0.717) is 21.3 Å². The molecule has 0 radical (unpaired) electrons. The summed E-state index contributed by atoms with van der Waals surface area (Å²) in [7, 11) is 0. The van der Waals surface area contributed by atoms with Crippen LogP contribution in [0.5, 0.6) is 17.2 Å². The highest BCUT2D eigenvalue weighted by atomic mass is 32.2. The van der Waals surface area contributed by atoms with Crippen molar-refractivity contribution in [2.45, 2.75) is 13.5 Å². The lowest BCUT2D eigenvalue weighted by atomic mass is 10.1. The van der Waals surface area contributed by atoms with E-state index in [4.69, 9.17) is 21.7 Å². The summed E-state index contributed by atoms with van der Waals surface area (Å²) in [5.41, 5.74) is 0.613. The Balaban J connectivity index is 1.60. The molecule has 0 spiro atoms. The molecule has 1 fully saturated rings. The van der Waals surface area contributed by atoms with Gasteiger partial charge in [-0.25, -0.2) is 0 Å². The number of hydrogen-bond donors (Lipinski definition) is 0. The molecule has 1 aliphatic rings. The third-order valence-electron chi connectivity index (χ3n) is 5.19. The summed E-state index contributed by atoms with van der Waals surface area (Å²) in [5, 5.41) is 22.5. The van der Waals surface area contributed by atoms with Gasteiger partial charge in [0.25, 0.3) is 11.6 Å². The Morgan fingerprint density at radius 2 is 1.70 bits per heavy atom. The molecule has 1 amide bonds. The fraction of sp³-hybridized carbons (Fsp3) is 0.120. The first-order valence-electron chi connectivity index (χ1n) is 10.9. The van der Waals surface area contributed by atoms with E-state index in [2.05, 4.69) is 0 Å². The number of thioether (sulfide) groups is 1. The Hall–Kier alpha value is -4.29. The van der Waals surface area contributed by atoms with Crippen molar-refractivity contribution in [3.05, 3.63) is 103 Å². The number of non-ortho nitro benzene ring substituents is 1. The number of nitrogens with zero attached hydrogens (tertiary/aromatic N) is 3. The van der Waals surface area contributed by atoms with E-state index in [1.807, 2.05) is 30.3 Å². The quantitative estimate of drug-likeness (QED) is 0.138. The summed E-state index contributed by atoms with van der Waals surface area (Å²) in [5.74, 6) is 0.0703. The number of nitro groups is 2. The SMILES string of the molecule is CCOc1cc(/C=C2/SC(=S)N(Cc3ccccc3)C2=O)ccc1Oc1ccc([N+](=O)[O-])cc1[N+](=O)[O-]. The molecule has 1 saturated heterocycles. The molecule has 0 unspecified atom stereocenters. The van der Waals surface area contributed by atoms with Gasteiger partial charge in [-0.15, -0.1) is 0 Å². The molecule has 0 aromatic heterocycles. The molecule has 0 N–H and O–H groups in total. The Labute approximate surface area is 220 Å². The van der Waals surface area contributed by atoms with Crippen LogP contribution in [0.2, 0.25) is 0 Å². The van der Waals surface area contributed by atoms with Gasteiger partial charge in [-0.3, -0.25) is 29.9 Å². The van der Waals surface area contributed by atoms with Gasteiger partial charge in [0.05, 0.1) is 34.0 Å². The largest absolute Gasteiger partial charge is 0.490 e. The predicted octanol–water partition coefficient (Wildman–Crippen LogP) is 6.10. The van der Waals surface area contributed by atoms with Crippen molar-refractivity contribution < 1.29 is 24.1 Å².